The Morgan fingerprint density at radius 3 is 1.23 bits per heavy atom. The summed E-state index contributed by atoms with van der Waals surface area (Å²) in [5.74, 6) is -1.71. The first-order valence-electron chi connectivity index (χ1n) is 16.9. The van der Waals surface area contributed by atoms with Gasteiger partial charge in [-0.1, -0.05) is 63.4 Å². The number of ether oxygens (including phenoxy) is 8. The molecule has 0 heterocycles. The number of hydrogen-bond donors (Lipinski definition) is 0. The smallest absolute Gasteiger partial charge is 0.425 e. The van der Waals surface area contributed by atoms with E-state index in [0.717, 1.165) is 34.4 Å². The predicted molar refractivity (Wildman–Crippen MR) is 203 cm³/mol. The summed E-state index contributed by atoms with van der Waals surface area (Å²) in [5.41, 5.74) is 4.45. The molecule has 0 fully saturated rings. The highest BCUT2D eigenvalue weighted by Crippen LogP contribution is 2.50. The molecule has 14 nitrogen and oxygen atoms in total. The van der Waals surface area contributed by atoms with Crippen molar-refractivity contribution in [1.29, 1.82) is 0 Å². The molecule has 0 unspecified atom stereocenters. The van der Waals surface area contributed by atoms with Crippen LogP contribution in [0, 0.1) is 0 Å². The molecule has 0 atom stereocenters. The van der Waals surface area contributed by atoms with E-state index in [0.29, 0.717) is 22.6 Å². The Bertz CT molecular complexity index is 2100. The van der Waals surface area contributed by atoms with Gasteiger partial charge in [-0.3, -0.25) is 0 Å². The third-order valence-electron chi connectivity index (χ3n) is 8.13. The summed E-state index contributed by atoms with van der Waals surface area (Å²) < 4.78 is 39.6. The third-order valence-corrected chi connectivity index (χ3v) is 8.13. The van der Waals surface area contributed by atoms with Crippen LogP contribution in [0.2, 0.25) is 0 Å². The van der Waals surface area contributed by atoms with Crippen molar-refractivity contribution >= 4 is 48.3 Å². The lowest BCUT2D eigenvalue weighted by Gasteiger charge is -2.22. The Hall–Kier alpha value is -7.74. The lowest BCUT2D eigenvalue weighted by Crippen LogP contribution is -2.16. The molecule has 290 valence electrons. The fraction of sp³-hybridized carbons (Fsp3) is 0.116. The molecule has 0 saturated heterocycles. The average molecular weight is 775 g/mol. The standard InChI is InChI=1S/C43H34O14/c1-5-37(44)50-25-52-41(48)56-29-13-7-27(8-14-29)11-21-39(46)54-31-17-19-33-34-20-18-32(24-36(34)43(3,4)35(33)23-31)55-40(47)22-12-28-9-15-30(16-10-28)57-42(49)53-26-51-38(45)6-2/h5-24H,1-2,25-26H2,3-4H3/b21-11+,22-12+. The molecule has 4 aromatic carbocycles. The zero-order valence-electron chi connectivity index (χ0n) is 30.6. The van der Waals surface area contributed by atoms with Gasteiger partial charge >= 0.3 is 36.2 Å². The Kier molecular flexibility index (Phi) is 13.2. The van der Waals surface area contributed by atoms with Gasteiger partial charge in [-0.25, -0.2) is 28.8 Å². The second-order valence-corrected chi connectivity index (χ2v) is 12.3. The summed E-state index contributed by atoms with van der Waals surface area (Å²) >= 11 is 0. The van der Waals surface area contributed by atoms with Crippen molar-refractivity contribution in [2.24, 2.45) is 0 Å². The van der Waals surface area contributed by atoms with Crippen LogP contribution >= 0.6 is 0 Å². The number of carbonyl (C=O) groups excluding carboxylic acids is 6. The minimum Gasteiger partial charge on any atom is -0.425 e. The summed E-state index contributed by atoms with van der Waals surface area (Å²) in [4.78, 5) is 70.9. The van der Waals surface area contributed by atoms with Gasteiger partial charge in [-0.2, -0.15) is 0 Å². The van der Waals surface area contributed by atoms with E-state index in [9.17, 15) is 28.8 Å². The molecule has 0 aliphatic heterocycles. The molecule has 4 aromatic rings. The summed E-state index contributed by atoms with van der Waals surface area (Å²) in [6, 6.07) is 23.1. The highest BCUT2D eigenvalue weighted by Gasteiger charge is 2.36. The number of rotatable bonds is 14. The maximum Gasteiger partial charge on any atom is 0.516 e. The Morgan fingerprint density at radius 2 is 0.860 bits per heavy atom. The summed E-state index contributed by atoms with van der Waals surface area (Å²) in [6.45, 7) is 9.25. The van der Waals surface area contributed by atoms with Gasteiger partial charge in [-0.05, 0) is 94.1 Å². The first-order chi connectivity index (χ1) is 27.3. The monoisotopic (exact) mass is 774 g/mol. The van der Waals surface area contributed by atoms with Crippen LogP contribution in [0.15, 0.2) is 122 Å². The van der Waals surface area contributed by atoms with Crippen LogP contribution in [-0.2, 0) is 43.5 Å². The molecule has 0 amide bonds. The van der Waals surface area contributed by atoms with Crippen LogP contribution in [0.1, 0.15) is 36.1 Å². The van der Waals surface area contributed by atoms with E-state index >= 15 is 0 Å². The quantitative estimate of drug-likeness (QED) is 0.0402. The van der Waals surface area contributed by atoms with Gasteiger partial charge in [0, 0.05) is 29.7 Å². The SMILES string of the molecule is C=CC(=O)OCOC(=O)Oc1ccc(/C=C/C(=O)Oc2ccc3c(c2)C(C)(C)c2cc(OC(=O)/C=C/c4ccc(OC(=O)OCOC(=O)C=C)cc4)ccc2-3)cc1. The largest absolute Gasteiger partial charge is 0.516 e. The van der Waals surface area contributed by atoms with E-state index in [1.54, 1.807) is 48.5 Å². The van der Waals surface area contributed by atoms with E-state index in [4.69, 9.17) is 18.9 Å². The van der Waals surface area contributed by atoms with Crippen LogP contribution in [0.3, 0.4) is 0 Å². The summed E-state index contributed by atoms with van der Waals surface area (Å²) in [6.07, 6.45) is 5.30. The fourth-order valence-corrected chi connectivity index (χ4v) is 5.39. The van der Waals surface area contributed by atoms with Crippen LogP contribution in [0.4, 0.5) is 9.59 Å². The van der Waals surface area contributed by atoms with Crippen LogP contribution in [-0.4, -0.2) is 49.8 Å². The van der Waals surface area contributed by atoms with Crippen molar-refractivity contribution in [3.8, 4) is 34.1 Å². The zero-order valence-corrected chi connectivity index (χ0v) is 30.6. The third kappa shape index (κ3) is 11.1. The first-order valence-corrected chi connectivity index (χ1v) is 16.9. The minimum absolute atomic E-state index is 0.168. The molecule has 1 aliphatic carbocycles. The molecule has 0 spiro atoms. The van der Waals surface area contributed by atoms with Gasteiger partial charge in [0.15, 0.2) is 0 Å². The molecule has 0 bridgehead atoms. The van der Waals surface area contributed by atoms with Crippen molar-refractivity contribution in [2.75, 3.05) is 13.6 Å². The highest BCUT2D eigenvalue weighted by molar-refractivity contribution is 5.90. The highest BCUT2D eigenvalue weighted by atomic mass is 16.8. The molecule has 0 saturated carbocycles. The van der Waals surface area contributed by atoms with Crippen LogP contribution < -0.4 is 18.9 Å². The molecule has 57 heavy (non-hydrogen) atoms. The number of esters is 4. The van der Waals surface area contributed by atoms with Gasteiger partial charge in [-0.15, -0.1) is 0 Å². The molecular formula is C43H34O14. The normalized spacial score (nSPS) is 12.0. The van der Waals surface area contributed by atoms with Crippen molar-refractivity contribution in [3.05, 3.63) is 145 Å². The van der Waals surface area contributed by atoms with Crippen LogP contribution in [0.5, 0.6) is 23.0 Å². The fourth-order valence-electron chi connectivity index (χ4n) is 5.39. The molecule has 0 aromatic heterocycles. The van der Waals surface area contributed by atoms with E-state index in [2.05, 4.69) is 32.1 Å². The molecule has 1 aliphatic rings. The average Bonchev–Trinajstić information content (AvgIpc) is 3.41. The maximum absolute atomic E-state index is 12.7. The Labute approximate surface area is 326 Å². The molecular weight excluding hydrogens is 740 g/mol. The molecule has 0 radical (unpaired) electrons. The van der Waals surface area contributed by atoms with Crippen LogP contribution in [0.25, 0.3) is 23.3 Å². The summed E-state index contributed by atoms with van der Waals surface area (Å²) in [5, 5.41) is 0. The predicted octanol–water partition coefficient (Wildman–Crippen LogP) is 7.63. The molecule has 5 rings (SSSR count). The van der Waals surface area contributed by atoms with Gasteiger partial charge in [0.1, 0.15) is 23.0 Å². The summed E-state index contributed by atoms with van der Waals surface area (Å²) in [7, 11) is 0. The first kappa shape index (κ1) is 40.4. The zero-order chi connectivity index (χ0) is 41.0. The second-order valence-electron chi connectivity index (χ2n) is 12.3. The van der Waals surface area contributed by atoms with E-state index < -0.39 is 55.2 Å². The minimum atomic E-state index is -1.07. The Morgan fingerprint density at radius 1 is 0.491 bits per heavy atom. The van der Waals surface area contributed by atoms with Crippen molar-refractivity contribution < 1.29 is 66.7 Å². The van der Waals surface area contributed by atoms with Gasteiger partial charge in [0.05, 0.1) is 0 Å². The van der Waals surface area contributed by atoms with Crippen molar-refractivity contribution in [2.45, 2.75) is 19.3 Å². The van der Waals surface area contributed by atoms with E-state index in [-0.39, 0.29) is 11.5 Å². The second kappa shape index (κ2) is 18.5. The van der Waals surface area contributed by atoms with Gasteiger partial charge in [0.25, 0.3) is 0 Å². The van der Waals surface area contributed by atoms with Crippen molar-refractivity contribution in [1.82, 2.24) is 0 Å². The number of fused-ring (bicyclic) bond motifs is 3. The van der Waals surface area contributed by atoms with Gasteiger partial charge in [0.2, 0.25) is 13.6 Å². The van der Waals surface area contributed by atoms with Gasteiger partial charge < -0.3 is 37.9 Å². The van der Waals surface area contributed by atoms with E-state index in [1.165, 1.54) is 48.6 Å². The topological polar surface area (TPSA) is 176 Å². The Balaban J connectivity index is 1.13. The maximum atomic E-state index is 12.7. The number of hydrogen-bond acceptors (Lipinski definition) is 14. The number of benzene rings is 4. The molecule has 14 heteroatoms. The molecule has 0 N–H and O–H groups in total. The van der Waals surface area contributed by atoms with Crippen molar-refractivity contribution in [3.63, 3.8) is 0 Å². The lowest BCUT2D eigenvalue weighted by molar-refractivity contribution is -0.147. The van der Waals surface area contributed by atoms with E-state index in [1.807, 2.05) is 26.0 Å². The lowest BCUT2D eigenvalue weighted by atomic mass is 9.82. The number of carbonyl (C=O) groups is 6.